The molecule has 10 aromatic rings. The molecule has 0 aliphatic carbocycles. The van der Waals surface area contributed by atoms with Crippen molar-refractivity contribution in [2.24, 2.45) is 5.92 Å². The first-order chi connectivity index (χ1) is 45.2. The second-order valence-electron chi connectivity index (χ2n) is 23.8. The molecule has 0 bridgehead atoms. The number of nitrogens with one attached hydrogen (secondary N) is 4. The van der Waals surface area contributed by atoms with Gasteiger partial charge in [-0.05, 0) is 238 Å². The van der Waals surface area contributed by atoms with Gasteiger partial charge >= 0.3 is 0 Å². The second kappa shape index (κ2) is 41.5. The third-order valence-corrected chi connectivity index (χ3v) is 16.6. The largest absolute Gasteiger partial charge is 0.388 e. The SMILES string of the molecule is CCCCC(c1ccc(C)cc1)c1ccccn1.CCCCCCc1cn(-c2ccc(F)cc2)c2ccccc12.CN1CCC(C(=O)c2ccc(F)cc2)CC1.CNCCCC(O)c1ccc(F)cc1.CNCCc1c[nH]c2ccccc12.CNCc1ccc(F)cc1. The molecule has 7 aromatic carbocycles. The van der Waals surface area contributed by atoms with E-state index in [-0.39, 0.29) is 35.0 Å². The predicted octanol–water partition coefficient (Wildman–Crippen LogP) is 18.3. The molecule has 2 unspecified atom stereocenters. The van der Waals surface area contributed by atoms with Gasteiger partial charge in [0, 0.05) is 70.2 Å². The van der Waals surface area contributed by atoms with Crippen molar-refractivity contribution in [2.75, 3.05) is 54.4 Å². The average molecular weight is 1270 g/mol. The number of likely N-dealkylation sites (N-methyl/N-ethyl adjacent to an activating group) is 1. The number of likely N-dealkylation sites (tertiary alicyclic amines) is 1. The second-order valence-corrected chi connectivity index (χ2v) is 23.8. The number of aromatic nitrogens is 3. The number of benzene rings is 7. The Morgan fingerprint density at radius 3 is 1.78 bits per heavy atom. The van der Waals surface area contributed by atoms with Gasteiger partial charge < -0.3 is 35.5 Å². The summed E-state index contributed by atoms with van der Waals surface area (Å²) in [6.45, 7) is 11.3. The number of aromatic amines is 1. The molecule has 11 rings (SSSR count). The van der Waals surface area contributed by atoms with E-state index in [4.69, 9.17) is 0 Å². The molecule has 1 aliphatic rings. The minimum atomic E-state index is -0.482. The molecular weight excluding hydrogens is 1170 g/mol. The highest BCUT2D eigenvalue weighted by Gasteiger charge is 2.24. The van der Waals surface area contributed by atoms with E-state index in [1.54, 1.807) is 36.4 Å². The number of ketones is 1. The van der Waals surface area contributed by atoms with Crippen LogP contribution in [0.5, 0.6) is 0 Å². The molecule has 3 aromatic heterocycles. The summed E-state index contributed by atoms with van der Waals surface area (Å²) in [6, 6.07) is 57.0. The fourth-order valence-corrected chi connectivity index (χ4v) is 11.1. The maximum Gasteiger partial charge on any atom is 0.166 e. The van der Waals surface area contributed by atoms with E-state index in [0.29, 0.717) is 17.9 Å². The lowest BCUT2D eigenvalue weighted by atomic mass is 9.89. The summed E-state index contributed by atoms with van der Waals surface area (Å²) >= 11 is 0. The minimum Gasteiger partial charge on any atom is -0.388 e. The van der Waals surface area contributed by atoms with Crippen LogP contribution in [0.25, 0.3) is 27.5 Å². The number of aliphatic hydroxyl groups excluding tert-OH is 1. The van der Waals surface area contributed by atoms with E-state index < -0.39 is 6.10 Å². The number of fused-ring (bicyclic) bond motifs is 2. The number of piperidine rings is 1. The van der Waals surface area contributed by atoms with Gasteiger partial charge in [-0.2, -0.15) is 0 Å². The normalized spacial score (nSPS) is 12.7. The minimum absolute atomic E-state index is 0.113. The quantitative estimate of drug-likeness (QED) is 0.0247. The van der Waals surface area contributed by atoms with Gasteiger partial charge in [0.2, 0.25) is 0 Å². The lowest BCUT2D eigenvalue weighted by Gasteiger charge is -2.27. The number of hydrogen-bond donors (Lipinski definition) is 5. The lowest BCUT2D eigenvalue weighted by Crippen LogP contribution is -2.33. The maximum absolute atomic E-state index is 13.2. The smallest absolute Gasteiger partial charge is 0.166 e. The van der Waals surface area contributed by atoms with Gasteiger partial charge in [0.25, 0.3) is 0 Å². The Hall–Kier alpha value is -8.04. The number of carbonyl (C=O) groups is 1. The molecule has 0 saturated carbocycles. The predicted molar refractivity (Wildman–Crippen MR) is 378 cm³/mol. The number of aliphatic hydroxyl groups is 1. The number of para-hydroxylation sites is 2. The van der Waals surface area contributed by atoms with E-state index in [2.05, 4.69) is 161 Å². The van der Waals surface area contributed by atoms with Crippen LogP contribution in [0.3, 0.4) is 0 Å². The molecule has 2 atom stereocenters. The highest BCUT2D eigenvalue weighted by molar-refractivity contribution is 5.97. The number of unbranched alkanes of at least 4 members (excludes halogenated alkanes) is 4. The highest BCUT2D eigenvalue weighted by Crippen LogP contribution is 2.30. The van der Waals surface area contributed by atoms with Crippen LogP contribution in [0.4, 0.5) is 17.6 Å². The number of carbonyl (C=O) groups excluding carboxylic acids is 1. The topological polar surface area (TPSA) is 110 Å². The molecule has 1 fully saturated rings. The molecule has 93 heavy (non-hydrogen) atoms. The Labute approximate surface area is 551 Å². The van der Waals surface area contributed by atoms with Crippen LogP contribution in [0, 0.1) is 36.1 Å². The molecule has 0 radical (unpaired) electrons. The average Bonchev–Trinajstić information content (AvgIpc) is 1.69. The van der Waals surface area contributed by atoms with Crippen molar-refractivity contribution in [3.8, 4) is 5.69 Å². The van der Waals surface area contributed by atoms with E-state index >= 15 is 0 Å². The van der Waals surface area contributed by atoms with Gasteiger partial charge in [0.05, 0.1) is 11.6 Å². The van der Waals surface area contributed by atoms with Crippen LogP contribution >= 0.6 is 0 Å². The van der Waals surface area contributed by atoms with E-state index in [0.717, 1.165) is 81.6 Å². The van der Waals surface area contributed by atoms with Crippen LogP contribution < -0.4 is 16.0 Å². The highest BCUT2D eigenvalue weighted by atomic mass is 19.1. The number of nitrogens with zero attached hydrogens (tertiary/aromatic N) is 3. The Balaban J connectivity index is 0.000000180. The summed E-state index contributed by atoms with van der Waals surface area (Å²) in [7, 11) is 7.79. The van der Waals surface area contributed by atoms with Gasteiger partial charge in [0.15, 0.2) is 5.78 Å². The van der Waals surface area contributed by atoms with Gasteiger partial charge in [0.1, 0.15) is 23.3 Å². The van der Waals surface area contributed by atoms with Crippen molar-refractivity contribution < 1.29 is 27.5 Å². The van der Waals surface area contributed by atoms with Crippen LogP contribution in [0.1, 0.15) is 146 Å². The van der Waals surface area contributed by atoms with Crippen LogP contribution in [0.15, 0.2) is 207 Å². The Morgan fingerprint density at radius 2 is 1.17 bits per heavy atom. The van der Waals surface area contributed by atoms with Gasteiger partial charge in [-0.25, -0.2) is 17.6 Å². The zero-order chi connectivity index (χ0) is 66.6. The molecule has 0 spiro atoms. The van der Waals surface area contributed by atoms with Gasteiger partial charge in [-0.1, -0.05) is 143 Å². The van der Waals surface area contributed by atoms with Crippen molar-refractivity contribution in [1.29, 1.82) is 0 Å². The number of hydrogen-bond acceptors (Lipinski definition) is 7. The van der Waals surface area contributed by atoms with Crippen LogP contribution in [-0.4, -0.2) is 84.7 Å². The Bertz CT molecular complexity index is 3630. The third-order valence-electron chi connectivity index (χ3n) is 16.6. The molecule has 1 saturated heterocycles. The summed E-state index contributed by atoms with van der Waals surface area (Å²) < 4.78 is 52.9. The first kappa shape index (κ1) is 74.0. The zero-order valence-electron chi connectivity index (χ0n) is 55.8. The first-order valence-corrected chi connectivity index (χ1v) is 33.2. The molecule has 5 N–H and O–H groups in total. The molecule has 0 amide bonds. The Kier molecular flexibility index (Phi) is 33.0. The van der Waals surface area contributed by atoms with Crippen molar-refractivity contribution in [3.05, 3.63) is 275 Å². The summed E-state index contributed by atoms with van der Waals surface area (Å²) in [6.07, 6.45) is 20.1. The molecular formula is C80H99F4N7O2. The van der Waals surface area contributed by atoms with Crippen LogP contribution in [0.2, 0.25) is 0 Å². The maximum atomic E-state index is 13.2. The number of rotatable bonds is 23. The number of aryl methyl sites for hydroxylation is 2. The first-order valence-electron chi connectivity index (χ1n) is 33.2. The summed E-state index contributed by atoms with van der Waals surface area (Å²) in [5.74, 6) is -0.225. The van der Waals surface area contributed by atoms with Crippen molar-refractivity contribution in [3.63, 3.8) is 0 Å². The standard InChI is InChI=1S/C20H22FN.C17H21N.C13H16FNO.C11H16FNO.C11H14N2.C8H10FN/c1-2-3-4-5-8-16-15-22(18-13-11-17(21)12-14-18)20-10-7-6-9-19(16)20;1-3-4-7-16(17-8-5-6-13-18-17)15-11-9-14(2)10-12-15;1-15-8-6-11(7-9-15)13(16)10-2-4-12(14)5-3-10;1-13-8-2-3-11(14)9-4-6-10(12)7-5-9;1-12-7-6-9-8-13-11-5-3-2-4-10(9)11;1-10-6-7-2-4-8(9)5-3-7/h6-7,9-15H,2-5,8H2,1H3;5-6,8-13,16H,3-4,7H2,1-2H3;2-5,11H,6-9H2,1H3;4-7,11,13-14H,2-3,8H2,1H3;2-5,8,12-13H,6-7H2,1H3;2-5,10H,6H2,1H3. The lowest BCUT2D eigenvalue weighted by molar-refractivity contribution is 0.0856. The number of pyridine rings is 1. The number of Topliss-reactive ketones (excluding diaryl/α,β-unsaturated/α-hetero) is 1. The molecule has 4 heterocycles. The van der Waals surface area contributed by atoms with Crippen molar-refractivity contribution in [2.45, 2.75) is 123 Å². The number of H-pyrrole nitrogens is 1. The Morgan fingerprint density at radius 1 is 0.591 bits per heavy atom. The number of halogens is 4. The fourth-order valence-electron chi connectivity index (χ4n) is 11.1. The zero-order valence-corrected chi connectivity index (χ0v) is 55.8. The van der Waals surface area contributed by atoms with Crippen LogP contribution in [-0.2, 0) is 19.4 Å². The summed E-state index contributed by atoms with van der Waals surface area (Å²) in [5.41, 5.74) is 12.6. The van der Waals surface area contributed by atoms with Crippen molar-refractivity contribution in [1.82, 2.24) is 35.4 Å². The monoisotopic (exact) mass is 1270 g/mol. The molecule has 1 aliphatic heterocycles. The van der Waals surface area contributed by atoms with Gasteiger partial charge in [-0.15, -0.1) is 0 Å². The van der Waals surface area contributed by atoms with E-state index in [9.17, 15) is 27.5 Å². The van der Waals surface area contributed by atoms with E-state index in [1.807, 2.05) is 45.5 Å². The fraction of sp³-hybridized carbons (Fsp3) is 0.350. The summed E-state index contributed by atoms with van der Waals surface area (Å²) in [5, 5.41) is 21.5. The van der Waals surface area contributed by atoms with Crippen molar-refractivity contribution >= 4 is 27.6 Å². The molecule has 13 heteroatoms. The van der Waals surface area contributed by atoms with Gasteiger partial charge in [-0.3, -0.25) is 9.78 Å². The third kappa shape index (κ3) is 25.4. The molecule has 494 valence electrons. The summed E-state index contributed by atoms with van der Waals surface area (Å²) in [4.78, 5) is 22.1. The van der Waals surface area contributed by atoms with E-state index in [1.165, 1.54) is 143 Å². The molecule has 9 nitrogen and oxygen atoms in total.